The Hall–Kier alpha value is -1.54. The van der Waals surface area contributed by atoms with Crippen molar-refractivity contribution >= 4 is 16.0 Å². The molecule has 5 nitrogen and oxygen atoms in total. The molecule has 0 fully saturated rings. The van der Waals surface area contributed by atoms with Gasteiger partial charge in [-0.1, -0.05) is 6.92 Å². The van der Waals surface area contributed by atoms with Crippen LogP contribution in [0.4, 0.5) is 8.78 Å². The second-order valence-corrected chi connectivity index (χ2v) is 5.18. The maximum atomic E-state index is 13.3. The van der Waals surface area contributed by atoms with Crippen LogP contribution in [0, 0.1) is 11.6 Å². The molecule has 0 radical (unpaired) electrons. The quantitative estimate of drug-likeness (QED) is 0.845. The molecule has 0 heterocycles. The van der Waals surface area contributed by atoms with Gasteiger partial charge in [0.15, 0.2) is 0 Å². The lowest BCUT2D eigenvalue weighted by Crippen LogP contribution is -2.40. The molecule has 0 amide bonds. The summed E-state index contributed by atoms with van der Waals surface area (Å²) in [5.74, 6) is -3.47. The zero-order valence-corrected chi connectivity index (χ0v) is 10.2. The number of benzene rings is 1. The highest BCUT2D eigenvalue weighted by Crippen LogP contribution is 2.16. The first-order valence-electron chi connectivity index (χ1n) is 4.98. The lowest BCUT2D eigenvalue weighted by Gasteiger charge is -2.13. The van der Waals surface area contributed by atoms with Crippen LogP contribution in [-0.2, 0) is 14.8 Å². The number of sulfonamides is 1. The van der Waals surface area contributed by atoms with E-state index in [0.29, 0.717) is 12.1 Å². The van der Waals surface area contributed by atoms with Crippen LogP contribution in [0.3, 0.4) is 0 Å². The lowest BCUT2D eigenvalue weighted by atomic mass is 10.2. The van der Waals surface area contributed by atoms with Crippen LogP contribution in [0.1, 0.15) is 13.3 Å². The molecular formula is C10H11F2NO4S. The van der Waals surface area contributed by atoms with E-state index in [-0.39, 0.29) is 6.42 Å². The number of rotatable bonds is 5. The molecule has 0 spiro atoms. The predicted octanol–water partition coefficient (Wildman–Crippen LogP) is 1.11. The van der Waals surface area contributed by atoms with Crippen molar-refractivity contribution < 1.29 is 27.1 Å². The average molecular weight is 279 g/mol. The van der Waals surface area contributed by atoms with Crippen LogP contribution in [0.5, 0.6) is 0 Å². The number of halogens is 2. The van der Waals surface area contributed by atoms with Gasteiger partial charge in [-0.05, 0) is 24.6 Å². The van der Waals surface area contributed by atoms with Crippen molar-refractivity contribution in [3.8, 4) is 0 Å². The van der Waals surface area contributed by atoms with Crippen LogP contribution >= 0.6 is 0 Å². The molecule has 1 rings (SSSR count). The molecule has 1 atom stereocenters. The number of carboxylic acids is 1. The lowest BCUT2D eigenvalue weighted by molar-refractivity contribution is -0.139. The Morgan fingerprint density at radius 2 is 2.06 bits per heavy atom. The van der Waals surface area contributed by atoms with Gasteiger partial charge in [-0.3, -0.25) is 4.79 Å². The minimum Gasteiger partial charge on any atom is -0.480 e. The number of nitrogens with one attached hydrogen (secondary N) is 1. The molecule has 18 heavy (non-hydrogen) atoms. The number of hydrogen-bond acceptors (Lipinski definition) is 3. The first-order chi connectivity index (χ1) is 8.27. The summed E-state index contributed by atoms with van der Waals surface area (Å²) in [6, 6.07) is 0.526. The fourth-order valence-electron chi connectivity index (χ4n) is 1.24. The summed E-state index contributed by atoms with van der Waals surface area (Å²) in [6.45, 7) is 1.45. The minimum atomic E-state index is -4.42. The maximum Gasteiger partial charge on any atom is 0.321 e. The summed E-state index contributed by atoms with van der Waals surface area (Å²) in [7, 11) is -4.42. The van der Waals surface area contributed by atoms with Gasteiger partial charge in [-0.2, -0.15) is 4.72 Å². The predicted molar refractivity (Wildman–Crippen MR) is 58.4 cm³/mol. The molecule has 0 aromatic heterocycles. The van der Waals surface area contributed by atoms with Crippen molar-refractivity contribution in [1.82, 2.24) is 4.72 Å². The number of carboxylic acid groups (broad SMARTS) is 1. The number of aliphatic carboxylic acids is 1. The Labute approximate surface area is 102 Å². The second kappa shape index (κ2) is 5.40. The van der Waals surface area contributed by atoms with Crippen LogP contribution < -0.4 is 4.72 Å². The summed E-state index contributed by atoms with van der Waals surface area (Å²) < 4.78 is 51.4. The fourth-order valence-corrected chi connectivity index (χ4v) is 2.60. The Morgan fingerprint density at radius 1 is 1.44 bits per heavy atom. The van der Waals surface area contributed by atoms with E-state index < -0.39 is 38.6 Å². The Balaban J connectivity index is 3.14. The summed E-state index contributed by atoms with van der Waals surface area (Å²) in [5, 5.41) is 8.71. The maximum absolute atomic E-state index is 13.3. The van der Waals surface area contributed by atoms with Gasteiger partial charge in [0.05, 0.1) is 0 Å². The molecule has 1 aromatic rings. The van der Waals surface area contributed by atoms with Crippen molar-refractivity contribution in [3.05, 3.63) is 29.8 Å². The van der Waals surface area contributed by atoms with E-state index in [1.54, 1.807) is 4.72 Å². The van der Waals surface area contributed by atoms with E-state index >= 15 is 0 Å². The normalized spacial score (nSPS) is 13.3. The molecule has 1 aromatic carbocycles. The smallest absolute Gasteiger partial charge is 0.321 e. The second-order valence-electron chi connectivity index (χ2n) is 3.50. The summed E-state index contributed by atoms with van der Waals surface area (Å²) in [6.07, 6.45) is -0.0223. The third kappa shape index (κ3) is 3.23. The van der Waals surface area contributed by atoms with E-state index in [1.807, 2.05) is 0 Å². The highest BCUT2D eigenvalue weighted by molar-refractivity contribution is 7.89. The Kier molecular flexibility index (Phi) is 4.36. The topological polar surface area (TPSA) is 83.5 Å². The molecule has 0 aliphatic carbocycles. The van der Waals surface area contributed by atoms with E-state index in [0.717, 1.165) is 6.07 Å². The zero-order chi connectivity index (χ0) is 13.9. The van der Waals surface area contributed by atoms with Gasteiger partial charge in [-0.25, -0.2) is 17.2 Å². The highest BCUT2D eigenvalue weighted by Gasteiger charge is 2.26. The molecule has 0 saturated carbocycles. The largest absolute Gasteiger partial charge is 0.480 e. The molecule has 0 saturated heterocycles. The van der Waals surface area contributed by atoms with Gasteiger partial charge in [0.2, 0.25) is 10.0 Å². The van der Waals surface area contributed by atoms with Gasteiger partial charge in [0, 0.05) is 0 Å². The van der Waals surface area contributed by atoms with Gasteiger partial charge < -0.3 is 5.11 Å². The van der Waals surface area contributed by atoms with E-state index in [1.165, 1.54) is 6.92 Å². The average Bonchev–Trinajstić information content (AvgIpc) is 2.28. The Morgan fingerprint density at radius 3 is 2.56 bits per heavy atom. The molecule has 0 unspecified atom stereocenters. The molecule has 0 aliphatic rings. The van der Waals surface area contributed by atoms with Crippen molar-refractivity contribution in [2.45, 2.75) is 24.3 Å². The van der Waals surface area contributed by atoms with E-state index in [9.17, 15) is 22.0 Å². The van der Waals surface area contributed by atoms with Gasteiger partial charge in [0.1, 0.15) is 22.6 Å². The summed E-state index contributed by atoms with van der Waals surface area (Å²) in [4.78, 5) is 9.78. The van der Waals surface area contributed by atoms with Crippen LogP contribution in [0.2, 0.25) is 0 Å². The van der Waals surface area contributed by atoms with Crippen LogP contribution in [0.25, 0.3) is 0 Å². The first-order valence-corrected chi connectivity index (χ1v) is 6.46. The van der Waals surface area contributed by atoms with E-state index in [4.69, 9.17) is 5.11 Å². The van der Waals surface area contributed by atoms with Gasteiger partial charge in [0.25, 0.3) is 0 Å². The monoisotopic (exact) mass is 279 g/mol. The third-order valence-electron chi connectivity index (χ3n) is 2.19. The number of carbonyl (C=O) groups is 1. The van der Waals surface area contributed by atoms with Crippen molar-refractivity contribution in [2.75, 3.05) is 0 Å². The Bertz CT molecular complexity index is 559. The first kappa shape index (κ1) is 14.5. The van der Waals surface area contributed by atoms with Crippen LogP contribution in [-0.4, -0.2) is 25.5 Å². The van der Waals surface area contributed by atoms with Crippen LogP contribution in [0.15, 0.2) is 23.1 Å². The summed E-state index contributed by atoms with van der Waals surface area (Å²) in [5.41, 5.74) is 0. The molecule has 100 valence electrons. The van der Waals surface area contributed by atoms with Crippen molar-refractivity contribution in [1.29, 1.82) is 0 Å². The van der Waals surface area contributed by atoms with Gasteiger partial charge in [-0.15, -0.1) is 0 Å². The molecule has 8 heteroatoms. The van der Waals surface area contributed by atoms with Crippen molar-refractivity contribution in [3.63, 3.8) is 0 Å². The molecule has 2 N–H and O–H groups in total. The molecule has 0 bridgehead atoms. The SMILES string of the molecule is CC[C@@H](NS(=O)(=O)c1cc(F)ccc1F)C(=O)O. The molecule has 0 aliphatic heterocycles. The van der Waals surface area contributed by atoms with Gasteiger partial charge >= 0.3 is 5.97 Å². The highest BCUT2D eigenvalue weighted by atomic mass is 32.2. The third-order valence-corrected chi connectivity index (χ3v) is 3.67. The zero-order valence-electron chi connectivity index (χ0n) is 9.35. The standard InChI is InChI=1S/C10H11F2NO4S/c1-2-8(10(14)15)13-18(16,17)9-5-6(11)3-4-7(9)12/h3-5,8,13H,2H2,1H3,(H,14,15)/t8-/m1/s1. The minimum absolute atomic E-state index is 0.0223. The number of hydrogen-bond donors (Lipinski definition) is 2. The van der Waals surface area contributed by atoms with E-state index in [2.05, 4.69) is 0 Å². The fraction of sp³-hybridized carbons (Fsp3) is 0.300. The van der Waals surface area contributed by atoms with Crippen molar-refractivity contribution in [2.24, 2.45) is 0 Å². The summed E-state index contributed by atoms with van der Waals surface area (Å²) >= 11 is 0. The molecular weight excluding hydrogens is 268 g/mol.